The van der Waals surface area contributed by atoms with Crippen LogP contribution in [0.1, 0.15) is 25.7 Å². The maximum Gasteiger partial charge on any atom is 0.0480 e. The predicted octanol–water partition coefficient (Wildman–Crippen LogP) is 0.849. The molecule has 0 aliphatic carbocycles. The Morgan fingerprint density at radius 3 is 2.67 bits per heavy atom. The fourth-order valence-electron chi connectivity index (χ4n) is 3.34. The van der Waals surface area contributed by atoms with Crippen LogP contribution in [0.5, 0.6) is 0 Å². The van der Waals surface area contributed by atoms with E-state index < -0.39 is 0 Å². The lowest BCUT2D eigenvalue weighted by Gasteiger charge is -2.35. The molecule has 0 radical (unpaired) electrons. The molecule has 0 amide bonds. The van der Waals surface area contributed by atoms with E-state index in [1.165, 1.54) is 45.3 Å². The Kier molecular flexibility index (Phi) is 2.95. The van der Waals surface area contributed by atoms with E-state index in [9.17, 15) is 0 Å². The van der Waals surface area contributed by atoms with E-state index in [0.717, 1.165) is 31.2 Å². The molecular formula is C12H22N2O. The molecule has 0 spiro atoms. The fraction of sp³-hybridized carbons (Fsp3) is 1.00. The number of fused-ring (bicyclic) bond motifs is 2. The molecule has 15 heavy (non-hydrogen) atoms. The standard InChI is InChI=1S/C12H22N2O/c1-5-14-6-2-12(10(1)9-14)13-11-3-7-15-8-4-11/h10-13H,1-9H2. The first kappa shape index (κ1) is 10.1. The van der Waals surface area contributed by atoms with Gasteiger partial charge in [-0.15, -0.1) is 0 Å². The lowest BCUT2D eigenvalue weighted by Crippen LogP contribution is -2.49. The van der Waals surface area contributed by atoms with Gasteiger partial charge in [0, 0.05) is 31.8 Å². The molecule has 86 valence electrons. The van der Waals surface area contributed by atoms with Gasteiger partial charge in [-0.1, -0.05) is 0 Å². The number of hydrogen-bond acceptors (Lipinski definition) is 3. The third-order valence-electron chi connectivity index (χ3n) is 4.31. The first-order valence-electron chi connectivity index (χ1n) is 6.48. The van der Waals surface area contributed by atoms with E-state index >= 15 is 0 Å². The molecule has 3 rings (SSSR count). The van der Waals surface area contributed by atoms with Gasteiger partial charge in [-0.2, -0.15) is 0 Å². The number of nitrogens with zero attached hydrogens (tertiary/aromatic N) is 1. The van der Waals surface area contributed by atoms with E-state index in [1.807, 2.05) is 0 Å². The molecule has 1 N–H and O–H groups in total. The van der Waals surface area contributed by atoms with Crippen LogP contribution in [0.15, 0.2) is 0 Å². The van der Waals surface area contributed by atoms with Crippen molar-refractivity contribution in [1.82, 2.24) is 10.2 Å². The summed E-state index contributed by atoms with van der Waals surface area (Å²) in [6.07, 6.45) is 5.21. The molecule has 2 bridgehead atoms. The second-order valence-corrected chi connectivity index (χ2v) is 5.30. The van der Waals surface area contributed by atoms with Gasteiger partial charge in [0.1, 0.15) is 0 Å². The number of rotatable bonds is 2. The summed E-state index contributed by atoms with van der Waals surface area (Å²) in [6.45, 7) is 5.93. The highest BCUT2D eigenvalue weighted by molar-refractivity contribution is 4.92. The van der Waals surface area contributed by atoms with Gasteiger partial charge in [0.25, 0.3) is 0 Å². The highest BCUT2D eigenvalue weighted by atomic mass is 16.5. The molecule has 0 saturated carbocycles. The highest BCUT2D eigenvalue weighted by Crippen LogP contribution is 2.27. The van der Waals surface area contributed by atoms with Gasteiger partial charge >= 0.3 is 0 Å². The maximum atomic E-state index is 5.40. The molecule has 0 aromatic carbocycles. The molecule has 0 aromatic heterocycles. The van der Waals surface area contributed by atoms with Crippen LogP contribution in [0.3, 0.4) is 0 Å². The number of piperidine rings is 1. The molecule has 3 nitrogen and oxygen atoms in total. The van der Waals surface area contributed by atoms with Crippen LogP contribution in [-0.4, -0.2) is 49.8 Å². The van der Waals surface area contributed by atoms with Gasteiger partial charge in [-0.25, -0.2) is 0 Å². The Hall–Kier alpha value is -0.120. The molecule has 3 heterocycles. The van der Waals surface area contributed by atoms with E-state index in [4.69, 9.17) is 4.74 Å². The SMILES string of the molecule is C1CC(NC2CCN3CCC2C3)CCO1. The lowest BCUT2D eigenvalue weighted by molar-refractivity contribution is 0.0693. The largest absolute Gasteiger partial charge is 0.381 e. The number of nitrogens with one attached hydrogen (secondary N) is 1. The van der Waals surface area contributed by atoms with Crippen molar-refractivity contribution in [2.24, 2.45) is 5.92 Å². The summed E-state index contributed by atoms with van der Waals surface area (Å²) >= 11 is 0. The Bertz CT molecular complexity index is 216. The second-order valence-electron chi connectivity index (χ2n) is 5.30. The van der Waals surface area contributed by atoms with Crippen LogP contribution in [0, 0.1) is 5.92 Å². The van der Waals surface area contributed by atoms with Crippen LogP contribution in [0.4, 0.5) is 0 Å². The molecule has 0 aromatic rings. The van der Waals surface area contributed by atoms with Crippen LogP contribution in [-0.2, 0) is 4.74 Å². The Morgan fingerprint density at radius 1 is 1.00 bits per heavy atom. The molecule has 3 fully saturated rings. The summed E-state index contributed by atoms with van der Waals surface area (Å²) in [5.74, 6) is 0.932. The summed E-state index contributed by atoms with van der Waals surface area (Å²) < 4.78 is 5.40. The molecule has 3 heteroatoms. The van der Waals surface area contributed by atoms with Crippen LogP contribution < -0.4 is 5.32 Å². The maximum absolute atomic E-state index is 5.40. The van der Waals surface area contributed by atoms with Crippen molar-refractivity contribution in [3.8, 4) is 0 Å². The van der Waals surface area contributed by atoms with Gasteiger partial charge in [-0.3, -0.25) is 0 Å². The average Bonchev–Trinajstić information content (AvgIpc) is 2.67. The molecular weight excluding hydrogens is 188 g/mol. The topological polar surface area (TPSA) is 24.5 Å². The fourth-order valence-corrected chi connectivity index (χ4v) is 3.34. The first-order valence-corrected chi connectivity index (χ1v) is 6.48. The third kappa shape index (κ3) is 2.19. The first-order chi connectivity index (χ1) is 7.42. The Morgan fingerprint density at radius 2 is 1.80 bits per heavy atom. The molecule has 3 unspecified atom stereocenters. The van der Waals surface area contributed by atoms with Gasteiger partial charge in [0.2, 0.25) is 0 Å². The van der Waals surface area contributed by atoms with E-state index in [-0.39, 0.29) is 0 Å². The Balaban J connectivity index is 1.53. The molecule has 3 saturated heterocycles. The van der Waals surface area contributed by atoms with Crippen molar-refractivity contribution in [2.75, 3.05) is 32.8 Å². The minimum Gasteiger partial charge on any atom is -0.381 e. The average molecular weight is 210 g/mol. The van der Waals surface area contributed by atoms with E-state index in [2.05, 4.69) is 10.2 Å². The Labute approximate surface area is 92.2 Å². The van der Waals surface area contributed by atoms with Gasteiger partial charge in [0.05, 0.1) is 0 Å². The quantitative estimate of drug-likeness (QED) is 0.731. The minimum atomic E-state index is 0.732. The zero-order chi connectivity index (χ0) is 10.1. The summed E-state index contributed by atoms with van der Waals surface area (Å²) in [5, 5.41) is 3.88. The van der Waals surface area contributed by atoms with Crippen molar-refractivity contribution in [2.45, 2.75) is 37.8 Å². The smallest absolute Gasteiger partial charge is 0.0480 e. The second kappa shape index (κ2) is 4.40. The van der Waals surface area contributed by atoms with Crippen molar-refractivity contribution in [3.63, 3.8) is 0 Å². The molecule has 3 atom stereocenters. The van der Waals surface area contributed by atoms with Crippen LogP contribution >= 0.6 is 0 Å². The zero-order valence-electron chi connectivity index (χ0n) is 9.45. The predicted molar refractivity (Wildman–Crippen MR) is 59.9 cm³/mol. The third-order valence-corrected chi connectivity index (χ3v) is 4.31. The normalized spacial score (nSPS) is 42.0. The molecule has 3 aliphatic heterocycles. The summed E-state index contributed by atoms with van der Waals surface area (Å²) in [4.78, 5) is 2.62. The van der Waals surface area contributed by atoms with Crippen molar-refractivity contribution >= 4 is 0 Å². The van der Waals surface area contributed by atoms with Crippen molar-refractivity contribution < 1.29 is 4.74 Å². The summed E-state index contributed by atoms with van der Waals surface area (Å²) in [6, 6.07) is 1.53. The zero-order valence-corrected chi connectivity index (χ0v) is 9.45. The lowest BCUT2D eigenvalue weighted by atomic mass is 9.92. The van der Waals surface area contributed by atoms with E-state index in [1.54, 1.807) is 0 Å². The minimum absolute atomic E-state index is 0.732. The van der Waals surface area contributed by atoms with Crippen LogP contribution in [0.25, 0.3) is 0 Å². The van der Waals surface area contributed by atoms with Crippen LogP contribution in [0.2, 0.25) is 0 Å². The molecule has 3 aliphatic rings. The summed E-state index contributed by atoms with van der Waals surface area (Å²) in [7, 11) is 0. The number of hydrogen-bond donors (Lipinski definition) is 1. The van der Waals surface area contributed by atoms with Crippen molar-refractivity contribution in [3.05, 3.63) is 0 Å². The monoisotopic (exact) mass is 210 g/mol. The number of ether oxygens (including phenoxy) is 1. The highest BCUT2D eigenvalue weighted by Gasteiger charge is 2.35. The van der Waals surface area contributed by atoms with Gasteiger partial charge in [0.15, 0.2) is 0 Å². The summed E-state index contributed by atoms with van der Waals surface area (Å²) in [5.41, 5.74) is 0. The van der Waals surface area contributed by atoms with Gasteiger partial charge in [-0.05, 0) is 44.7 Å². The van der Waals surface area contributed by atoms with E-state index in [0.29, 0.717) is 0 Å². The van der Waals surface area contributed by atoms with Gasteiger partial charge < -0.3 is 15.0 Å². The van der Waals surface area contributed by atoms with Crippen molar-refractivity contribution in [1.29, 1.82) is 0 Å².